The van der Waals surface area contributed by atoms with Gasteiger partial charge in [-0.3, -0.25) is 4.79 Å². The molecule has 0 spiro atoms. The van der Waals surface area contributed by atoms with E-state index in [-0.39, 0.29) is 10.8 Å². The summed E-state index contributed by atoms with van der Waals surface area (Å²) >= 11 is 0. The van der Waals surface area contributed by atoms with Crippen molar-refractivity contribution in [3.8, 4) is 11.6 Å². The smallest absolute Gasteiger partial charge is 0.369 e. The second-order valence-corrected chi connectivity index (χ2v) is 10.9. The van der Waals surface area contributed by atoms with E-state index in [1.165, 1.54) is 21.0 Å². The molecule has 0 bridgehead atoms. The van der Waals surface area contributed by atoms with Gasteiger partial charge >= 0.3 is 16.5 Å². The van der Waals surface area contributed by atoms with Gasteiger partial charge in [0, 0.05) is 25.5 Å². The molecule has 2 heterocycles. The molecular weight excluding hydrogens is 489 g/mol. The highest BCUT2D eigenvalue weighted by atomic mass is 32.2. The number of fused-ring (bicyclic) bond motifs is 1. The van der Waals surface area contributed by atoms with Crippen LogP contribution in [0.2, 0.25) is 0 Å². The van der Waals surface area contributed by atoms with Crippen LogP contribution in [-0.4, -0.2) is 55.8 Å². The van der Waals surface area contributed by atoms with Crippen molar-refractivity contribution in [2.45, 2.75) is 18.0 Å². The molecule has 0 fully saturated rings. The summed E-state index contributed by atoms with van der Waals surface area (Å²) in [7, 11) is -5.97. The predicted octanol–water partition coefficient (Wildman–Crippen LogP) is 1.78. The van der Waals surface area contributed by atoms with Crippen molar-refractivity contribution in [2.75, 3.05) is 19.8 Å². The number of hydrogen-bond acceptors (Lipinski definition) is 8. The number of alkyl halides is 3. The lowest BCUT2D eigenvalue weighted by Gasteiger charge is -2.15. The fourth-order valence-electron chi connectivity index (χ4n) is 2.67. The summed E-state index contributed by atoms with van der Waals surface area (Å²) < 4.78 is 94.6. The lowest BCUT2D eigenvalue weighted by atomic mass is 10.1. The molecular formula is C18H17F3N4O6S2. The summed E-state index contributed by atoms with van der Waals surface area (Å²) in [5, 5.41) is 3.57. The number of rotatable bonds is 6. The zero-order valence-corrected chi connectivity index (χ0v) is 19.0. The maximum absolute atomic E-state index is 13.1. The molecule has 178 valence electrons. The lowest BCUT2D eigenvalue weighted by Crippen LogP contribution is -2.28. The Morgan fingerprint density at radius 3 is 2.33 bits per heavy atom. The molecule has 0 radical (unpaired) electrons. The average molecular weight is 506 g/mol. The number of sulfone groups is 1. The molecule has 15 heteroatoms. The first-order valence-electron chi connectivity index (χ1n) is 9.12. The van der Waals surface area contributed by atoms with Crippen LogP contribution in [0.4, 0.5) is 13.2 Å². The van der Waals surface area contributed by atoms with Gasteiger partial charge < -0.3 is 4.18 Å². The summed E-state index contributed by atoms with van der Waals surface area (Å²) in [6, 6.07) is 3.34. The molecule has 10 nitrogen and oxygen atoms in total. The van der Waals surface area contributed by atoms with Crippen molar-refractivity contribution in [3.63, 3.8) is 0 Å². The van der Waals surface area contributed by atoms with Crippen molar-refractivity contribution in [1.82, 2.24) is 19.1 Å². The number of hydrogen-bond donors (Lipinski definition) is 0. The number of pyridine rings is 1. The molecule has 0 amide bonds. The highest BCUT2D eigenvalue weighted by Gasteiger charge is 2.31. The molecule has 0 N–H and O–H groups in total. The fourth-order valence-corrected chi connectivity index (χ4v) is 4.18. The molecule has 33 heavy (non-hydrogen) atoms. The Morgan fingerprint density at radius 1 is 1.09 bits per heavy atom. The third kappa shape index (κ3) is 4.84. The van der Waals surface area contributed by atoms with Gasteiger partial charge in [0.2, 0.25) is 0 Å². The Morgan fingerprint density at radius 2 is 1.76 bits per heavy atom. The van der Waals surface area contributed by atoms with Gasteiger partial charge in [-0.15, -0.1) is 0 Å². The lowest BCUT2D eigenvalue weighted by molar-refractivity contribution is -0.137. The van der Waals surface area contributed by atoms with E-state index in [9.17, 15) is 34.8 Å². The quantitative estimate of drug-likeness (QED) is 0.495. The van der Waals surface area contributed by atoms with Gasteiger partial charge in [0.1, 0.15) is 4.90 Å². The summed E-state index contributed by atoms with van der Waals surface area (Å²) in [6.45, 7) is 1.30. The first-order chi connectivity index (χ1) is 15.2. The van der Waals surface area contributed by atoms with Gasteiger partial charge in [-0.05, 0) is 12.1 Å². The largest absolute Gasteiger partial charge is 0.416 e. The van der Waals surface area contributed by atoms with E-state index >= 15 is 0 Å². The molecule has 0 atom stereocenters. The van der Waals surface area contributed by atoms with Crippen LogP contribution >= 0.6 is 0 Å². The minimum Gasteiger partial charge on any atom is -0.369 e. The summed E-state index contributed by atoms with van der Waals surface area (Å²) in [6.07, 6.45) is -2.77. The van der Waals surface area contributed by atoms with Gasteiger partial charge in [-0.1, -0.05) is 13.0 Å². The Balaban J connectivity index is 2.27. The van der Waals surface area contributed by atoms with Crippen LogP contribution in [0.15, 0.2) is 46.3 Å². The van der Waals surface area contributed by atoms with E-state index in [0.29, 0.717) is 10.7 Å². The molecule has 3 rings (SSSR count). The van der Waals surface area contributed by atoms with Gasteiger partial charge in [0.25, 0.3) is 5.56 Å². The summed E-state index contributed by atoms with van der Waals surface area (Å²) in [5.74, 6) is -1.42. The number of benzene rings is 1. The third-order valence-corrected chi connectivity index (χ3v) is 7.52. The maximum Gasteiger partial charge on any atom is 0.416 e. The molecule has 0 saturated heterocycles. The summed E-state index contributed by atoms with van der Waals surface area (Å²) in [5.41, 5.74) is -2.12. The Hall–Kier alpha value is -3.04. The van der Waals surface area contributed by atoms with Gasteiger partial charge in [0.15, 0.2) is 21.4 Å². The number of halogens is 3. The third-order valence-electron chi connectivity index (χ3n) is 4.49. The maximum atomic E-state index is 13.1. The van der Waals surface area contributed by atoms with Crippen LogP contribution in [0, 0.1) is 0 Å². The molecule has 0 unspecified atom stereocenters. The molecule has 1 aromatic carbocycles. The standard InChI is InChI=1S/C18H17F3N4O6S2/c1-4-32(27,28)15-8-13(31-33(29,30)24(2)3)10-22-16(15)25-17(26)14-7-12(18(19,20)21)6-5-11(14)9-23-25/h5-10H,4H2,1-3H3. The van der Waals surface area contributed by atoms with E-state index in [2.05, 4.69) is 10.1 Å². The Bertz CT molecular complexity index is 1500. The second-order valence-electron chi connectivity index (χ2n) is 6.88. The highest BCUT2D eigenvalue weighted by molar-refractivity contribution is 7.91. The van der Waals surface area contributed by atoms with Crippen LogP contribution in [0.1, 0.15) is 12.5 Å². The molecule has 0 saturated carbocycles. The summed E-state index contributed by atoms with van der Waals surface area (Å²) in [4.78, 5) is 16.2. The second kappa shape index (κ2) is 8.39. The monoisotopic (exact) mass is 506 g/mol. The first-order valence-corrected chi connectivity index (χ1v) is 12.1. The minimum absolute atomic E-state index is 0.0983. The fraction of sp³-hybridized carbons (Fsp3) is 0.278. The van der Waals surface area contributed by atoms with Crippen LogP contribution in [-0.2, 0) is 26.3 Å². The highest BCUT2D eigenvalue weighted by Crippen LogP contribution is 2.31. The van der Waals surface area contributed by atoms with Crippen molar-refractivity contribution in [1.29, 1.82) is 0 Å². The van der Waals surface area contributed by atoms with Crippen molar-refractivity contribution in [2.24, 2.45) is 0 Å². The Labute approximate surface area is 186 Å². The van der Waals surface area contributed by atoms with Crippen molar-refractivity contribution < 1.29 is 34.2 Å². The number of aromatic nitrogens is 3. The van der Waals surface area contributed by atoms with Crippen molar-refractivity contribution in [3.05, 3.63) is 52.6 Å². The normalized spacial score (nSPS) is 12.9. The van der Waals surface area contributed by atoms with Gasteiger partial charge in [-0.2, -0.15) is 35.7 Å². The van der Waals surface area contributed by atoms with E-state index in [1.807, 2.05) is 0 Å². The van der Waals surface area contributed by atoms with Crippen LogP contribution in [0.5, 0.6) is 5.75 Å². The molecule has 2 aromatic heterocycles. The van der Waals surface area contributed by atoms with Crippen LogP contribution < -0.4 is 9.74 Å². The topological polar surface area (TPSA) is 129 Å². The Kier molecular flexibility index (Phi) is 6.25. The zero-order valence-electron chi connectivity index (χ0n) is 17.4. The van der Waals surface area contributed by atoms with Crippen LogP contribution in [0.3, 0.4) is 0 Å². The predicted molar refractivity (Wildman–Crippen MR) is 111 cm³/mol. The van der Waals surface area contributed by atoms with E-state index in [0.717, 1.165) is 34.9 Å². The van der Waals surface area contributed by atoms with Gasteiger partial charge in [0.05, 0.1) is 29.1 Å². The molecule has 0 aliphatic carbocycles. The SMILES string of the molecule is CCS(=O)(=O)c1cc(OS(=O)(=O)N(C)C)cnc1-n1ncc2ccc(C(F)(F)F)cc2c1=O. The molecule has 0 aliphatic rings. The molecule has 0 aliphatic heterocycles. The van der Waals surface area contributed by atoms with Crippen molar-refractivity contribution >= 4 is 30.9 Å². The van der Waals surface area contributed by atoms with E-state index in [1.54, 1.807) is 0 Å². The van der Waals surface area contributed by atoms with E-state index in [4.69, 9.17) is 4.18 Å². The van der Waals surface area contributed by atoms with Crippen LogP contribution in [0.25, 0.3) is 16.6 Å². The zero-order chi connectivity index (χ0) is 24.8. The number of nitrogens with zero attached hydrogens (tertiary/aromatic N) is 4. The molecule has 3 aromatic rings. The average Bonchev–Trinajstić information content (AvgIpc) is 2.73. The van der Waals surface area contributed by atoms with E-state index < -0.39 is 59.7 Å². The van der Waals surface area contributed by atoms with Gasteiger partial charge in [-0.25, -0.2) is 13.4 Å². The minimum atomic E-state index is -4.71. The first kappa shape index (κ1) is 24.6.